The van der Waals surface area contributed by atoms with E-state index in [0.29, 0.717) is 5.56 Å². The summed E-state index contributed by atoms with van der Waals surface area (Å²) >= 11 is 5.74. The summed E-state index contributed by atoms with van der Waals surface area (Å²) in [6.07, 6.45) is -0.0854. The highest BCUT2D eigenvalue weighted by Crippen LogP contribution is 2.23. The number of hydrogen-bond acceptors (Lipinski definition) is 4. The quantitative estimate of drug-likeness (QED) is 0.771. The summed E-state index contributed by atoms with van der Waals surface area (Å²) < 4.78 is 0. The van der Waals surface area contributed by atoms with Gasteiger partial charge in [-0.05, 0) is 17.7 Å². The third-order valence-electron chi connectivity index (χ3n) is 1.86. The first-order chi connectivity index (χ1) is 7.04. The lowest BCUT2D eigenvalue weighted by Crippen LogP contribution is -2.20. The average molecular weight is 230 g/mol. The molecular formula is C9H8ClNO4. The largest absolute Gasteiger partial charge is 0.508 e. The lowest BCUT2D eigenvalue weighted by Gasteiger charge is -2.06. The van der Waals surface area contributed by atoms with Crippen LogP contribution in [0.4, 0.5) is 0 Å². The maximum absolute atomic E-state index is 10.5. The molecule has 15 heavy (non-hydrogen) atoms. The number of benzene rings is 1. The van der Waals surface area contributed by atoms with Crippen LogP contribution in [-0.2, 0) is 11.2 Å². The molecule has 6 heteroatoms. The zero-order chi connectivity index (χ0) is 11.4. The van der Waals surface area contributed by atoms with Gasteiger partial charge in [0.1, 0.15) is 5.75 Å². The van der Waals surface area contributed by atoms with E-state index >= 15 is 0 Å². The number of aliphatic carboxylic acids is 1. The van der Waals surface area contributed by atoms with Crippen molar-refractivity contribution >= 4 is 17.6 Å². The predicted molar refractivity (Wildman–Crippen MR) is 54.0 cm³/mol. The van der Waals surface area contributed by atoms with Crippen molar-refractivity contribution in [3.05, 3.63) is 33.7 Å². The first-order valence-electron chi connectivity index (χ1n) is 4.07. The smallest absolute Gasteiger partial charge is 0.332 e. The molecule has 2 N–H and O–H groups in total. The number of phenols is 1. The minimum Gasteiger partial charge on any atom is -0.508 e. The first-order valence-corrected chi connectivity index (χ1v) is 4.45. The Bertz CT molecular complexity index is 394. The molecule has 1 unspecified atom stereocenters. The summed E-state index contributed by atoms with van der Waals surface area (Å²) in [6, 6.07) is 2.75. The van der Waals surface area contributed by atoms with Crippen LogP contribution in [-0.4, -0.2) is 22.2 Å². The summed E-state index contributed by atoms with van der Waals surface area (Å²) in [4.78, 5) is 20.7. The van der Waals surface area contributed by atoms with Gasteiger partial charge in [-0.3, -0.25) is 0 Å². The molecule has 0 spiro atoms. The van der Waals surface area contributed by atoms with Gasteiger partial charge in [0, 0.05) is 11.4 Å². The van der Waals surface area contributed by atoms with E-state index in [9.17, 15) is 9.70 Å². The van der Waals surface area contributed by atoms with Gasteiger partial charge in [0.25, 0.3) is 0 Å². The van der Waals surface area contributed by atoms with Crippen molar-refractivity contribution < 1.29 is 15.0 Å². The van der Waals surface area contributed by atoms with Crippen LogP contribution in [0, 0.1) is 4.91 Å². The number of phenolic OH excluding ortho intramolecular Hbond substituents is 1. The third kappa shape index (κ3) is 2.92. The molecule has 0 saturated heterocycles. The molecule has 0 aliphatic heterocycles. The molecule has 0 heterocycles. The topological polar surface area (TPSA) is 87.0 Å². The lowest BCUT2D eigenvalue weighted by molar-refractivity contribution is -0.138. The third-order valence-corrected chi connectivity index (χ3v) is 2.21. The second-order valence-corrected chi connectivity index (χ2v) is 3.35. The SMILES string of the molecule is O=NC(Cc1ccc(O)cc1Cl)C(=O)O. The number of halogens is 1. The van der Waals surface area contributed by atoms with Gasteiger partial charge >= 0.3 is 5.97 Å². The van der Waals surface area contributed by atoms with Gasteiger partial charge in [-0.1, -0.05) is 22.8 Å². The molecule has 0 bridgehead atoms. The molecule has 1 aromatic rings. The fraction of sp³-hybridized carbons (Fsp3) is 0.222. The zero-order valence-electron chi connectivity index (χ0n) is 7.55. The maximum Gasteiger partial charge on any atom is 0.332 e. The second kappa shape index (κ2) is 4.75. The fourth-order valence-corrected chi connectivity index (χ4v) is 1.33. The van der Waals surface area contributed by atoms with Gasteiger partial charge in [0.05, 0.1) is 0 Å². The molecule has 0 amide bonds. The van der Waals surface area contributed by atoms with Crippen molar-refractivity contribution in [2.24, 2.45) is 5.18 Å². The Hall–Kier alpha value is -1.62. The molecule has 1 aromatic carbocycles. The van der Waals surface area contributed by atoms with Gasteiger partial charge in [-0.2, -0.15) is 0 Å². The van der Waals surface area contributed by atoms with Crippen molar-refractivity contribution in [3.63, 3.8) is 0 Å². The zero-order valence-corrected chi connectivity index (χ0v) is 8.31. The van der Waals surface area contributed by atoms with Gasteiger partial charge < -0.3 is 10.2 Å². The molecule has 0 aliphatic rings. The summed E-state index contributed by atoms with van der Waals surface area (Å²) in [5.74, 6) is -1.32. The van der Waals surface area contributed by atoms with Gasteiger partial charge in [0.15, 0.2) is 6.04 Å². The van der Waals surface area contributed by atoms with Crippen LogP contribution < -0.4 is 0 Å². The molecule has 0 saturated carbocycles. The van der Waals surface area contributed by atoms with Gasteiger partial charge in [-0.15, -0.1) is 4.91 Å². The number of aromatic hydroxyl groups is 1. The van der Waals surface area contributed by atoms with Gasteiger partial charge in [-0.25, -0.2) is 4.79 Å². The summed E-state index contributed by atoms with van der Waals surface area (Å²) in [6.45, 7) is 0. The molecule has 0 aromatic heterocycles. The van der Waals surface area contributed by atoms with Crippen LogP contribution in [0.25, 0.3) is 0 Å². The molecule has 1 atom stereocenters. The highest BCUT2D eigenvalue weighted by Gasteiger charge is 2.19. The van der Waals surface area contributed by atoms with Crippen molar-refractivity contribution in [1.29, 1.82) is 0 Å². The van der Waals surface area contributed by atoms with E-state index in [1.54, 1.807) is 0 Å². The van der Waals surface area contributed by atoms with Crippen LogP contribution in [0.2, 0.25) is 5.02 Å². The van der Waals surface area contributed by atoms with E-state index in [2.05, 4.69) is 5.18 Å². The van der Waals surface area contributed by atoms with Gasteiger partial charge in [0.2, 0.25) is 0 Å². The highest BCUT2D eigenvalue weighted by molar-refractivity contribution is 6.31. The highest BCUT2D eigenvalue weighted by atomic mass is 35.5. The number of hydrogen-bond donors (Lipinski definition) is 2. The fourth-order valence-electron chi connectivity index (χ4n) is 1.08. The summed E-state index contributed by atoms with van der Waals surface area (Å²) in [7, 11) is 0. The Morgan fingerprint density at radius 2 is 2.20 bits per heavy atom. The summed E-state index contributed by atoms with van der Waals surface area (Å²) in [5.41, 5.74) is 0.460. The van der Waals surface area contributed by atoms with Crippen LogP contribution in [0.15, 0.2) is 23.4 Å². The number of nitroso groups, excluding NO2 is 1. The van der Waals surface area contributed by atoms with E-state index in [4.69, 9.17) is 21.8 Å². The van der Waals surface area contributed by atoms with E-state index in [1.807, 2.05) is 0 Å². The Morgan fingerprint density at radius 3 is 2.67 bits per heavy atom. The number of rotatable bonds is 4. The number of carboxylic acid groups (broad SMARTS) is 1. The Balaban J connectivity index is 2.88. The lowest BCUT2D eigenvalue weighted by atomic mass is 10.1. The number of nitrogens with zero attached hydrogens (tertiary/aromatic N) is 1. The first kappa shape index (κ1) is 11.5. The molecule has 0 aliphatic carbocycles. The minimum atomic E-state index is -1.35. The standard InChI is InChI=1S/C9H8ClNO4/c10-7-4-6(12)2-1-5(7)3-8(11-15)9(13)14/h1-2,4,8,12H,3H2,(H,13,14). The van der Waals surface area contributed by atoms with E-state index < -0.39 is 12.0 Å². The minimum absolute atomic E-state index is 0.0188. The van der Waals surface area contributed by atoms with E-state index in [0.717, 1.165) is 0 Å². The molecule has 0 radical (unpaired) electrons. The summed E-state index contributed by atoms with van der Waals surface area (Å²) in [5, 5.41) is 20.3. The molecule has 5 nitrogen and oxygen atoms in total. The van der Waals surface area contributed by atoms with Crippen LogP contribution in [0.1, 0.15) is 5.56 Å². The monoisotopic (exact) mass is 229 g/mol. The molecule has 0 fully saturated rings. The number of carbonyl (C=O) groups is 1. The predicted octanol–water partition coefficient (Wildman–Crippen LogP) is 1.81. The average Bonchev–Trinajstić information content (AvgIpc) is 2.16. The Labute approximate surface area is 90.3 Å². The van der Waals surface area contributed by atoms with Crippen molar-refractivity contribution in [2.75, 3.05) is 0 Å². The number of carboxylic acids is 1. The second-order valence-electron chi connectivity index (χ2n) is 2.94. The van der Waals surface area contributed by atoms with Crippen LogP contribution in [0.3, 0.4) is 0 Å². The maximum atomic E-state index is 10.5. The molecule has 1 rings (SSSR count). The van der Waals surface area contributed by atoms with E-state index in [1.165, 1.54) is 18.2 Å². The Morgan fingerprint density at radius 1 is 1.53 bits per heavy atom. The molecule has 80 valence electrons. The van der Waals surface area contributed by atoms with Crippen LogP contribution in [0.5, 0.6) is 5.75 Å². The van der Waals surface area contributed by atoms with Crippen molar-refractivity contribution in [2.45, 2.75) is 12.5 Å². The Kier molecular flexibility index (Phi) is 3.62. The molecular weight excluding hydrogens is 222 g/mol. The van der Waals surface area contributed by atoms with Crippen molar-refractivity contribution in [3.8, 4) is 5.75 Å². The van der Waals surface area contributed by atoms with Crippen LogP contribution >= 0.6 is 11.6 Å². The van der Waals surface area contributed by atoms with Crippen molar-refractivity contribution in [1.82, 2.24) is 0 Å². The van der Waals surface area contributed by atoms with E-state index in [-0.39, 0.29) is 17.2 Å². The normalized spacial score (nSPS) is 12.1.